The molecule has 0 aliphatic heterocycles. The van der Waals surface area contributed by atoms with Crippen molar-refractivity contribution in [3.05, 3.63) is 39.8 Å². The van der Waals surface area contributed by atoms with E-state index in [1.165, 1.54) is 11.8 Å². The zero-order chi connectivity index (χ0) is 12.0. The van der Waals surface area contributed by atoms with Crippen molar-refractivity contribution in [2.75, 3.05) is 5.75 Å². The zero-order valence-corrected chi connectivity index (χ0v) is 10.3. The number of hydrogen-bond donors (Lipinski definition) is 1. The van der Waals surface area contributed by atoms with E-state index in [1.54, 1.807) is 20.0 Å². The molecule has 0 saturated heterocycles. The number of aryl methyl sites for hydroxylation is 1. The maximum absolute atomic E-state index is 11.1. The van der Waals surface area contributed by atoms with E-state index in [0.29, 0.717) is 5.56 Å². The van der Waals surface area contributed by atoms with Gasteiger partial charge < -0.3 is 4.98 Å². The fourth-order valence-corrected chi connectivity index (χ4v) is 1.75. The quantitative estimate of drug-likeness (QED) is 0.818. The Bertz CT molecular complexity index is 449. The van der Waals surface area contributed by atoms with E-state index in [2.05, 4.69) is 4.98 Å². The number of aromatic nitrogens is 1. The van der Waals surface area contributed by atoms with E-state index in [1.807, 2.05) is 18.2 Å². The van der Waals surface area contributed by atoms with E-state index in [0.717, 1.165) is 17.7 Å². The lowest BCUT2D eigenvalue weighted by Gasteiger charge is -1.95. The molecule has 1 N–H and O–H groups in total. The highest BCUT2D eigenvalue weighted by Crippen LogP contribution is 2.06. The molecule has 1 aromatic rings. The molecule has 0 bridgehead atoms. The molecule has 86 valence electrons. The molecule has 0 fully saturated rings. The first-order valence-corrected chi connectivity index (χ1v) is 6.07. The third kappa shape index (κ3) is 4.49. The summed E-state index contributed by atoms with van der Waals surface area (Å²) >= 11 is 1.32. The van der Waals surface area contributed by atoms with Crippen molar-refractivity contribution in [3.63, 3.8) is 0 Å². The van der Waals surface area contributed by atoms with Crippen molar-refractivity contribution < 1.29 is 4.79 Å². The van der Waals surface area contributed by atoms with Crippen LogP contribution in [0.3, 0.4) is 0 Å². The average Bonchev–Trinajstić information content (AvgIpc) is 2.22. The van der Waals surface area contributed by atoms with E-state index in [4.69, 9.17) is 0 Å². The summed E-state index contributed by atoms with van der Waals surface area (Å²) in [5.41, 5.74) is 1.63. The summed E-state index contributed by atoms with van der Waals surface area (Å²) in [6.07, 6.45) is 6.49. The predicted molar refractivity (Wildman–Crippen MR) is 68.6 cm³/mol. The van der Waals surface area contributed by atoms with Crippen LogP contribution in [0.15, 0.2) is 23.1 Å². The first-order valence-electron chi connectivity index (χ1n) is 5.09. The van der Waals surface area contributed by atoms with Crippen LogP contribution in [0.25, 0.3) is 6.08 Å². The molecule has 0 atom stereocenters. The maximum Gasteiger partial charge on any atom is 0.250 e. The number of rotatable bonds is 4. The topological polar surface area (TPSA) is 49.9 Å². The van der Waals surface area contributed by atoms with Gasteiger partial charge in [0.15, 0.2) is 5.12 Å². The summed E-state index contributed by atoms with van der Waals surface area (Å²) in [6, 6.07) is 1.84. The van der Waals surface area contributed by atoms with Crippen LogP contribution in [0, 0.1) is 6.92 Å². The van der Waals surface area contributed by atoms with Gasteiger partial charge in [-0.25, -0.2) is 0 Å². The van der Waals surface area contributed by atoms with Gasteiger partial charge in [-0.3, -0.25) is 9.59 Å². The van der Waals surface area contributed by atoms with Gasteiger partial charge in [-0.15, -0.1) is 0 Å². The van der Waals surface area contributed by atoms with Crippen molar-refractivity contribution >= 4 is 23.0 Å². The molecule has 4 heteroatoms. The Labute approximate surface area is 99.0 Å². The lowest BCUT2D eigenvalue weighted by molar-refractivity contribution is -0.109. The van der Waals surface area contributed by atoms with Gasteiger partial charge in [0.25, 0.3) is 5.56 Å². The Balaban J connectivity index is 2.47. The highest BCUT2D eigenvalue weighted by Gasteiger charge is 1.94. The summed E-state index contributed by atoms with van der Waals surface area (Å²) in [5.74, 6) is 0.800. The number of H-pyrrole nitrogens is 1. The van der Waals surface area contributed by atoms with Crippen LogP contribution in [0.5, 0.6) is 0 Å². The van der Waals surface area contributed by atoms with Crippen molar-refractivity contribution in [1.82, 2.24) is 4.98 Å². The number of carbonyl (C=O) groups is 1. The minimum atomic E-state index is -0.0516. The Kier molecular flexibility index (Phi) is 5.05. The van der Waals surface area contributed by atoms with Crippen LogP contribution in [-0.4, -0.2) is 15.9 Å². The smallest absolute Gasteiger partial charge is 0.250 e. The van der Waals surface area contributed by atoms with Gasteiger partial charge in [-0.05, 0) is 25.0 Å². The summed E-state index contributed by atoms with van der Waals surface area (Å²) in [4.78, 5) is 24.4. The van der Waals surface area contributed by atoms with Crippen LogP contribution in [0.4, 0.5) is 0 Å². The van der Waals surface area contributed by atoms with Crippen molar-refractivity contribution in [3.8, 4) is 0 Å². The number of thioether (sulfide) groups is 1. The summed E-state index contributed by atoms with van der Waals surface area (Å²) < 4.78 is 0. The molecule has 3 nitrogen and oxygen atoms in total. The van der Waals surface area contributed by atoms with E-state index < -0.39 is 0 Å². The summed E-state index contributed by atoms with van der Waals surface area (Å²) in [7, 11) is 0. The van der Waals surface area contributed by atoms with Crippen molar-refractivity contribution in [2.24, 2.45) is 0 Å². The van der Waals surface area contributed by atoms with Gasteiger partial charge in [-0.1, -0.05) is 23.9 Å². The number of hydrogen-bond acceptors (Lipinski definition) is 3. The van der Waals surface area contributed by atoms with E-state index in [9.17, 15) is 9.59 Å². The molecule has 0 unspecified atom stereocenters. The lowest BCUT2D eigenvalue weighted by atomic mass is 10.2. The van der Waals surface area contributed by atoms with Crippen LogP contribution in [-0.2, 0) is 4.79 Å². The number of allylic oxidation sites excluding steroid dienone is 1. The maximum atomic E-state index is 11.1. The second-order valence-electron chi connectivity index (χ2n) is 3.48. The van der Waals surface area contributed by atoms with Crippen LogP contribution >= 0.6 is 11.8 Å². The van der Waals surface area contributed by atoms with Crippen molar-refractivity contribution in [1.29, 1.82) is 0 Å². The van der Waals surface area contributed by atoms with Gasteiger partial charge in [0, 0.05) is 24.4 Å². The molecular formula is C12H15NO2S. The number of aromatic amines is 1. The van der Waals surface area contributed by atoms with Crippen LogP contribution < -0.4 is 5.56 Å². The molecule has 0 aromatic carbocycles. The van der Waals surface area contributed by atoms with Gasteiger partial charge in [0.2, 0.25) is 0 Å². The highest BCUT2D eigenvalue weighted by atomic mass is 32.2. The van der Waals surface area contributed by atoms with Crippen LogP contribution in [0.2, 0.25) is 0 Å². The second-order valence-corrected chi connectivity index (χ2v) is 4.75. The van der Waals surface area contributed by atoms with Gasteiger partial charge in [-0.2, -0.15) is 0 Å². The summed E-state index contributed by atoms with van der Waals surface area (Å²) in [5, 5.41) is 0.147. The molecule has 0 amide bonds. The average molecular weight is 237 g/mol. The second kappa shape index (κ2) is 6.33. The van der Waals surface area contributed by atoms with E-state index >= 15 is 0 Å². The SMILES string of the molecule is CC(=O)SCCC=Cc1c[nH]c(=O)c(C)c1. The minimum Gasteiger partial charge on any atom is -0.328 e. The normalized spacial score (nSPS) is 10.9. The molecule has 0 aliphatic rings. The molecule has 1 heterocycles. The number of carbonyl (C=O) groups excluding carboxylic acids is 1. The standard InChI is InChI=1S/C12H15NO2S/c1-9-7-11(8-13-12(9)15)5-3-4-6-16-10(2)14/h3,5,7-8H,4,6H2,1-2H3,(H,13,15). The molecule has 0 saturated carbocycles. The third-order valence-electron chi connectivity index (χ3n) is 2.01. The fraction of sp³-hybridized carbons (Fsp3) is 0.333. The Morgan fingerprint density at radius 3 is 2.94 bits per heavy atom. The monoisotopic (exact) mass is 237 g/mol. The van der Waals surface area contributed by atoms with Gasteiger partial charge in [0.1, 0.15) is 0 Å². The molecule has 0 radical (unpaired) electrons. The molecular weight excluding hydrogens is 222 g/mol. The molecule has 1 rings (SSSR count). The third-order valence-corrected chi connectivity index (χ3v) is 2.86. The zero-order valence-electron chi connectivity index (χ0n) is 9.45. The highest BCUT2D eigenvalue weighted by molar-refractivity contribution is 8.13. The molecule has 16 heavy (non-hydrogen) atoms. The summed E-state index contributed by atoms with van der Waals surface area (Å²) in [6.45, 7) is 3.35. The molecule has 0 spiro atoms. The fourth-order valence-electron chi connectivity index (χ4n) is 1.21. The Morgan fingerprint density at radius 2 is 2.31 bits per heavy atom. The number of pyridine rings is 1. The number of nitrogens with one attached hydrogen (secondary N) is 1. The van der Waals surface area contributed by atoms with Gasteiger partial charge >= 0.3 is 0 Å². The predicted octanol–water partition coefficient (Wildman–Crippen LogP) is 2.37. The first-order chi connectivity index (χ1) is 7.59. The Hall–Kier alpha value is -1.29. The van der Waals surface area contributed by atoms with E-state index in [-0.39, 0.29) is 10.7 Å². The minimum absolute atomic E-state index is 0.0516. The lowest BCUT2D eigenvalue weighted by Crippen LogP contribution is -2.07. The first kappa shape index (κ1) is 12.8. The van der Waals surface area contributed by atoms with Gasteiger partial charge in [0.05, 0.1) is 0 Å². The molecule has 1 aromatic heterocycles. The molecule has 0 aliphatic carbocycles. The Morgan fingerprint density at radius 1 is 1.56 bits per heavy atom. The van der Waals surface area contributed by atoms with Crippen LogP contribution in [0.1, 0.15) is 24.5 Å². The van der Waals surface area contributed by atoms with Crippen molar-refractivity contribution in [2.45, 2.75) is 20.3 Å². The largest absolute Gasteiger partial charge is 0.328 e.